The van der Waals surface area contributed by atoms with Gasteiger partial charge in [0.25, 0.3) is 0 Å². The fraction of sp³-hybridized carbons (Fsp3) is 0.0714. The molecule has 0 unspecified atom stereocenters. The van der Waals surface area contributed by atoms with E-state index in [1.165, 1.54) is 0 Å². The van der Waals surface area contributed by atoms with E-state index in [2.05, 4.69) is 9.98 Å². The Kier molecular flexibility index (Phi) is 11.1. The van der Waals surface area contributed by atoms with E-state index in [9.17, 15) is 10.2 Å². The Bertz CT molecular complexity index is 1180. The summed E-state index contributed by atoms with van der Waals surface area (Å²) in [6, 6.07) is 29.0. The van der Waals surface area contributed by atoms with Crippen LogP contribution in [0.15, 0.2) is 107 Å². The van der Waals surface area contributed by atoms with Gasteiger partial charge in [-0.2, -0.15) is 0 Å². The number of ether oxygens (including phenoxy) is 2. The second-order valence-corrected chi connectivity index (χ2v) is 7.04. The van der Waals surface area contributed by atoms with E-state index < -0.39 is 0 Å². The standard InChI is InChI=1S/2C14H13NO2.Co/c2*1-17-13-7-4-6-12(9-13)15-10-11-5-2-3-8-14(11)16;/h2*2-10,16H,1H3;. The predicted molar refractivity (Wildman–Crippen MR) is 137 cm³/mol. The zero-order chi connectivity index (χ0) is 24.2. The fourth-order valence-electron chi connectivity index (χ4n) is 2.86. The molecule has 4 aromatic carbocycles. The SMILES string of the molecule is COc1cccc(N=Cc2ccccc2O)c1.COc1cccc(N=Cc2ccccc2O)c1.[Co]. The molecule has 0 bridgehead atoms. The van der Waals surface area contributed by atoms with Crippen LogP contribution in [0, 0.1) is 0 Å². The van der Waals surface area contributed by atoms with Gasteiger partial charge in [0.15, 0.2) is 0 Å². The number of hydrogen-bond donors (Lipinski definition) is 2. The minimum absolute atomic E-state index is 0. The van der Waals surface area contributed by atoms with Crippen LogP contribution in [0.5, 0.6) is 23.0 Å². The van der Waals surface area contributed by atoms with E-state index in [1.807, 2.05) is 60.7 Å². The Morgan fingerprint density at radius 3 is 1.34 bits per heavy atom. The van der Waals surface area contributed by atoms with Crippen molar-refractivity contribution in [2.24, 2.45) is 9.98 Å². The van der Waals surface area contributed by atoms with Crippen LogP contribution in [0.4, 0.5) is 11.4 Å². The Balaban J connectivity index is 0.000000240. The van der Waals surface area contributed by atoms with Gasteiger partial charge in [0, 0.05) is 52.5 Å². The molecule has 6 nitrogen and oxygen atoms in total. The van der Waals surface area contributed by atoms with Crippen LogP contribution in [0.3, 0.4) is 0 Å². The van der Waals surface area contributed by atoms with Gasteiger partial charge >= 0.3 is 0 Å². The van der Waals surface area contributed by atoms with Gasteiger partial charge in [-0.15, -0.1) is 0 Å². The third kappa shape index (κ3) is 8.66. The van der Waals surface area contributed by atoms with Gasteiger partial charge < -0.3 is 19.7 Å². The number of aliphatic imine (C=N–C) groups is 2. The Hall–Kier alpha value is -4.07. The van der Waals surface area contributed by atoms with E-state index in [1.54, 1.807) is 63.0 Å². The van der Waals surface area contributed by atoms with E-state index >= 15 is 0 Å². The Labute approximate surface area is 215 Å². The molecule has 35 heavy (non-hydrogen) atoms. The Morgan fingerprint density at radius 2 is 0.971 bits per heavy atom. The van der Waals surface area contributed by atoms with Crippen LogP contribution in [0.1, 0.15) is 11.1 Å². The van der Waals surface area contributed by atoms with Crippen molar-refractivity contribution in [3.63, 3.8) is 0 Å². The molecular weight excluding hydrogens is 487 g/mol. The number of hydrogen-bond acceptors (Lipinski definition) is 6. The number of nitrogens with zero attached hydrogens (tertiary/aromatic N) is 2. The van der Waals surface area contributed by atoms with Crippen LogP contribution < -0.4 is 9.47 Å². The molecule has 1 radical (unpaired) electrons. The van der Waals surface area contributed by atoms with Crippen LogP contribution in [0.2, 0.25) is 0 Å². The number of phenols is 2. The first kappa shape index (κ1) is 27.2. The molecule has 4 aromatic rings. The van der Waals surface area contributed by atoms with Crippen molar-refractivity contribution in [3.8, 4) is 23.0 Å². The molecule has 0 heterocycles. The summed E-state index contributed by atoms with van der Waals surface area (Å²) in [5.74, 6) is 1.96. The number of para-hydroxylation sites is 2. The van der Waals surface area contributed by atoms with Gasteiger partial charge in [-0.05, 0) is 48.5 Å². The molecule has 0 amide bonds. The molecule has 0 aromatic heterocycles. The number of aromatic hydroxyl groups is 2. The monoisotopic (exact) mass is 513 g/mol. The summed E-state index contributed by atoms with van der Waals surface area (Å²) in [4.78, 5) is 8.56. The molecule has 0 spiro atoms. The van der Waals surface area contributed by atoms with Gasteiger partial charge in [-0.1, -0.05) is 36.4 Å². The first-order valence-corrected chi connectivity index (χ1v) is 10.5. The van der Waals surface area contributed by atoms with Crippen molar-refractivity contribution >= 4 is 23.8 Å². The maximum Gasteiger partial charge on any atom is 0.124 e. The van der Waals surface area contributed by atoms with E-state index in [-0.39, 0.29) is 28.3 Å². The first-order chi connectivity index (χ1) is 16.6. The molecular formula is C28H26CoN2O4. The average Bonchev–Trinajstić information content (AvgIpc) is 2.88. The minimum atomic E-state index is 0. The van der Waals surface area contributed by atoms with Crippen LogP contribution >= 0.6 is 0 Å². The normalized spacial score (nSPS) is 10.3. The van der Waals surface area contributed by atoms with Crippen molar-refractivity contribution in [2.75, 3.05) is 14.2 Å². The third-order valence-electron chi connectivity index (χ3n) is 4.69. The van der Waals surface area contributed by atoms with E-state index in [4.69, 9.17) is 9.47 Å². The van der Waals surface area contributed by atoms with Crippen molar-refractivity contribution in [1.29, 1.82) is 0 Å². The van der Waals surface area contributed by atoms with Gasteiger partial charge in [0.05, 0.1) is 25.6 Å². The summed E-state index contributed by atoms with van der Waals surface area (Å²) in [5, 5.41) is 19.1. The number of benzene rings is 4. The van der Waals surface area contributed by atoms with Gasteiger partial charge in [0.1, 0.15) is 23.0 Å². The van der Waals surface area contributed by atoms with Crippen molar-refractivity contribution < 1.29 is 36.5 Å². The fourth-order valence-corrected chi connectivity index (χ4v) is 2.86. The van der Waals surface area contributed by atoms with Gasteiger partial charge in [0.2, 0.25) is 0 Å². The zero-order valence-corrected chi connectivity index (χ0v) is 20.4. The van der Waals surface area contributed by atoms with Gasteiger partial charge in [-0.3, -0.25) is 9.98 Å². The molecule has 4 rings (SSSR count). The van der Waals surface area contributed by atoms with Gasteiger partial charge in [-0.25, -0.2) is 0 Å². The molecule has 0 fully saturated rings. The maximum atomic E-state index is 9.57. The number of rotatable bonds is 6. The largest absolute Gasteiger partial charge is 0.507 e. The van der Waals surface area contributed by atoms with Crippen LogP contribution in [0.25, 0.3) is 0 Å². The molecule has 0 atom stereocenters. The summed E-state index contributed by atoms with van der Waals surface area (Å²) < 4.78 is 10.2. The summed E-state index contributed by atoms with van der Waals surface area (Å²) >= 11 is 0. The Morgan fingerprint density at radius 1 is 0.571 bits per heavy atom. The predicted octanol–water partition coefficient (Wildman–Crippen LogP) is 6.30. The second kappa shape index (κ2) is 14.2. The third-order valence-corrected chi connectivity index (χ3v) is 4.69. The molecule has 0 aliphatic heterocycles. The quantitative estimate of drug-likeness (QED) is 0.297. The summed E-state index contributed by atoms with van der Waals surface area (Å²) in [5.41, 5.74) is 2.95. The summed E-state index contributed by atoms with van der Waals surface area (Å²) in [6.45, 7) is 0. The molecule has 2 N–H and O–H groups in total. The molecule has 0 saturated heterocycles. The zero-order valence-electron chi connectivity index (χ0n) is 19.3. The average molecular weight is 513 g/mol. The molecule has 0 aliphatic carbocycles. The number of methoxy groups -OCH3 is 2. The van der Waals surface area contributed by atoms with Crippen LogP contribution in [-0.2, 0) is 16.8 Å². The molecule has 181 valence electrons. The van der Waals surface area contributed by atoms with E-state index in [0.717, 1.165) is 22.9 Å². The van der Waals surface area contributed by atoms with E-state index in [0.29, 0.717) is 11.1 Å². The van der Waals surface area contributed by atoms with Crippen molar-refractivity contribution in [2.45, 2.75) is 0 Å². The smallest absolute Gasteiger partial charge is 0.124 e. The maximum absolute atomic E-state index is 9.57. The van der Waals surface area contributed by atoms with Crippen molar-refractivity contribution in [1.82, 2.24) is 0 Å². The topological polar surface area (TPSA) is 83.6 Å². The summed E-state index contributed by atoms with van der Waals surface area (Å²) in [6.07, 6.45) is 3.26. The van der Waals surface area contributed by atoms with Crippen LogP contribution in [-0.4, -0.2) is 36.9 Å². The molecule has 0 saturated carbocycles. The molecule has 7 heteroatoms. The second-order valence-electron chi connectivity index (χ2n) is 7.04. The van der Waals surface area contributed by atoms with Crippen molar-refractivity contribution in [3.05, 3.63) is 108 Å². The summed E-state index contributed by atoms with van der Waals surface area (Å²) in [7, 11) is 3.23. The first-order valence-electron chi connectivity index (χ1n) is 10.5. The molecule has 0 aliphatic rings. The number of phenolic OH excluding ortho intramolecular Hbond substituents is 2. The minimum Gasteiger partial charge on any atom is -0.507 e.